The summed E-state index contributed by atoms with van der Waals surface area (Å²) in [5.41, 5.74) is 3.26. The van der Waals surface area contributed by atoms with Gasteiger partial charge in [-0.3, -0.25) is 0 Å². The summed E-state index contributed by atoms with van der Waals surface area (Å²) in [5.74, 6) is 0. The summed E-state index contributed by atoms with van der Waals surface area (Å²) in [6.07, 6.45) is 2.04. The zero-order valence-electron chi connectivity index (χ0n) is 11.6. The third kappa shape index (κ3) is 3.76. The Balaban J connectivity index is 1.80. The number of rotatable bonds is 8. The predicted molar refractivity (Wildman–Crippen MR) is 74.3 cm³/mol. The number of ether oxygens (including phenoxy) is 2. The zero-order valence-corrected chi connectivity index (χ0v) is 11.6. The zero-order chi connectivity index (χ0) is 13.5. The highest BCUT2D eigenvalue weighted by Gasteiger charge is 2.06. The Kier molecular flexibility index (Phi) is 5.32. The molecule has 0 aromatic carbocycles. The molecule has 0 saturated heterocycles. The Morgan fingerprint density at radius 3 is 3.00 bits per heavy atom. The number of nitrogens with one attached hydrogen (secondary N) is 1. The molecule has 0 bridgehead atoms. The van der Waals surface area contributed by atoms with Gasteiger partial charge in [-0.25, -0.2) is 4.98 Å². The van der Waals surface area contributed by atoms with E-state index in [1.165, 1.54) is 5.69 Å². The Morgan fingerprint density at radius 1 is 1.26 bits per heavy atom. The largest absolute Gasteiger partial charge is 0.382 e. The van der Waals surface area contributed by atoms with Crippen LogP contribution in [0.25, 0.3) is 5.65 Å². The van der Waals surface area contributed by atoms with E-state index in [1.807, 2.05) is 31.3 Å². The summed E-state index contributed by atoms with van der Waals surface area (Å²) in [6, 6.07) is 6.04. The SMILES string of the molecule is COCCOCCNCc1c(C)nc2ccccn12. The predicted octanol–water partition coefficient (Wildman–Crippen LogP) is 1.40. The van der Waals surface area contributed by atoms with E-state index < -0.39 is 0 Å². The highest BCUT2D eigenvalue weighted by Crippen LogP contribution is 2.10. The molecule has 0 unspecified atom stereocenters. The molecule has 2 rings (SSSR count). The highest BCUT2D eigenvalue weighted by molar-refractivity contribution is 5.42. The van der Waals surface area contributed by atoms with Crippen LogP contribution in [0.15, 0.2) is 24.4 Å². The van der Waals surface area contributed by atoms with Crippen LogP contribution in [0.2, 0.25) is 0 Å². The molecule has 0 aliphatic heterocycles. The van der Waals surface area contributed by atoms with Crippen LogP contribution in [0.1, 0.15) is 11.4 Å². The molecule has 19 heavy (non-hydrogen) atoms. The number of aromatic nitrogens is 2. The maximum atomic E-state index is 5.40. The van der Waals surface area contributed by atoms with Crippen molar-refractivity contribution in [1.29, 1.82) is 0 Å². The van der Waals surface area contributed by atoms with Crippen molar-refractivity contribution in [2.24, 2.45) is 0 Å². The molecule has 0 aliphatic carbocycles. The van der Waals surface area contributed by atoms with Crippen LogP contribution in [-0.2, 0) is 16.0 Å². The number of pyridine rings is 1. The monoisotopic (exact) mass is 263 g/mol. The summed E-state index contributed by atoms with van der Waals surface area (Å²) >= 11 is 0. The number of hydrogen-bond donors (Lipinski definition) is 1. The van der Waals surface area contributed by atoms with E-state index in [0.29, 0.717) is 19.8 Å². The van der Waals surface area contributed by atoms with Crippen molar-refractivity contribution in [1.82, 2.24) is 14.7 Å². The van der Waals surface area contributed by atoms with Crippen LogP contribution in [0.4, 0.5) is 0 Å². The smallest absolute Gasteiger partial charge is 0.137 e. The number of fused-ring (bicyclic) bond motifs is 1. The van der Waals surface area contributed by atoms with Gasteiger partial charge in [-0.2, -0.15) is 0 Å². The number of imidazole rings is 1. The van der Waals surface area contributed by atoms with Gasteiger partial charge >= 0.3 is 0 Å². The third-order valence-electron chi connectivity index (χ3n) is 2.98. The van der Waals surface area contributed by atoms with Crippen molar-refractivity contribution in [2.75, 3.05) is 33.5 Å². The first-order chi connectivity index (χ1) is 9.33. The first kappa shape index (κ1) is 14.0. The van der Waals surface area contributed by atoms with Crippen LogP contribution in [0.5, 0.6) is 0 Å². The normalized spacial score (nSPS) is 11.3. The Bertz CT molecular complexity index is 510. The van der Waals surface area contributed by atoms with Crippen LogP contribution < -0.4 is 5.32 Å². The third-order valence-corrected chi connectivity index (χ3v) is 2.98. The van der Waals surface area contributed by atoms with Gasteiger partial charge in [0.05, 0.1) is 31.2 Å². The Hall–Kier alpha value is -1.43. The minimum absolute atomic E-state index is 0.645. The van der Waals surface area contributed by atoms with E-state index in [0.717, 1.165) is 24.4 Å². The molecular formula is C14H21N3O2. The highest BCUT2D eigenvalue weighted by atomic mass is 16.5. The summed E-state index contributed by atoms with van der Waals surface area (Å²) in [5, 5.41) is 3.37. The molecule has 5 heteroatoms. The minimum atomic E-state index is 0.645. The number of nitrogens with zero attached hydrogens (tertiary/aromatic N) is 2. The van der Waals surface area contributed by atoms with Crippen molar-refractivity contribution >= 4 is 5.65 Å². The standard InChI is InChI=1S/C14H21N3O2/c1-12-13(11-15-6-8-19-10-9-18-2)17-7-4-3-5-14(17)16-12/h3-5,7,15H,6,8-11H2,1-2H3. The summed E-state index contributed by atoms with van der Waals surface area (Å²) in [7, 11) is 1.68. The first-order valence-electron chi connectivity index (χ1n) is 6.53. The van der Waals surface area contributed by atoms with Crippen LogP contribution in [0.3, 0.4) is 0 Å². The molecule has 1 N–H and O–H groups in total. The van der Waals surface area contributed by atoms with Gasteiger partial charge in [-0.1, -0.05) is 6.07 Å². The second-order valence-electron chi connectivity index (χ2n) is 4.35. The van der Waals surface area contributed by atoms with Crippen LogP contribution in [0, 0.1) is 6.92 Å². The van der Waals surface area contributed by atoms with Crippen molar-refractivity contribution in [3.8, 4) is 0 Å². The number of aryl methyl sites for hydroxylation is 1. The molecule has 0 spiro atoms. The molecule has 0 amide bonds. The second-order valence-corrected chi connectivity index (χ2v) is 4.35. The summed E-state index contributed by atoms with van der Waals surface area (Å²) in [6.45, 7) is 5.64. The van der Waals surface area contributed by atoms with E-state index in [9.17, 15) is 0 Å². The lowest BCUT2D eigenvalue weighted by Gasteiger charge is -2.06. The number of methoxy groups -OCH3 is 1. The summed E-state index contributed by atoms with van der Waals surface area (Å²) in [4.78, 5) is 4.53. The van der Waals surface area contributed by atoms with E-state index in [4.69, 9.17) is 9.47 Å². The van der Waals surface area contributed by atoms with Gasteiger partial charge in [0.25, 0.3) is 0 Å². The maximum Gasteiger partial charge on any atom is 0.137 e. The quantitative estimate of drug-likeness (QED) is 0.731. The van der Waals surface area contributed by atoms with Crippen molar-refractivity contribution in [3.05, 3.63) is 35.8 Å². The fraction of sp³-hybridized carbons (Fsp3) is 0.500. The molecule has 0 aliphatic rings. The number of hydrogen-bond acceptors (Lipinski definition) is 4. The Labute approximate surface area is 113 Å². The van der Waals surface area contributed by atoms with E-state index in [2.05, 4.69) is 14.7 Å². The van der Waals surface area contributed by atoms with Gasteiger partial charge in [0.1, 0.15) is 5.65 Å². The molecule has 2 heterocycles. The van der Waals surface area contributed by atoms with Crippen molar-refractivity contribution in [3.63, 3.8) is 0 Å². The molecule has 0 fully saturated rings. The average molecular weight is 263 g/mol. The summed E-state index contributed by atoms with van der Waals surface area (Å²) < 4.78 is 12.4. The van der Waals surface area contributed by atoms with Gasteiger partial charge in [0.15, 0.2) is 0 Å². The van der Waals surface area contributed by atoms with E-state index in [-0.39, 0.29) is 0 Å². The van der Waals surface area contributed by atoms with Crippen molar-refractivity contribution in [2.45, 2.75) is 13.5 Å². The molecule has 0 radical (unpaired) electrons. The van der Waals surface area contributed by atoms with Gasteiger partial charge < -0.3 is 19.2 Å². The topological polar surface area (TPSA) is 47.8 Å². The van der Waals surface area contributed by atoms with E-state index >= 15 is 0 Å². The Morgan fingerprint density at radius 2 is 2.16 bits per heavy atom. The van der Waals surface area contributed by atoms with Gasteiger partial charge in [-0.05, 0) is 19.1 Å². The molecule has 2 aromatic rings. The van der Waals surface area contributed by atoms with Crippen molar-refractivity contribution < 1.29 is 9.47 Å². The van der Waals surface area contributed by atoms with E-state index in [1.54, 1.807) is 7.11 Å². The molecule has 0 atom stereocenters. The molecule has 104 valence electrons. The molecule has 0 saturated carbocycles. The van der Waals surface area contributed by atoms with Crippen LogP contribution >= 0.6 is 0 Å². The van der Waals surface area contributed by atoms with Gasteiger partial charge in [0.2, 0.25) is 0 Å². The molecule has 2 aromatic heterocycles. The van der Waals surface area contributed by atoms with Crippen LogP contribution in [-0.4, -0.2) is 42.9 Å². The maximum absolute atomic E-state index is 5.40. The molecule has 5 nitrogen and oxygen atoms in total. The lowest BCUT2D eigenvalue weighted by atomic mass is 10.3. The first-order valence-corrected chi connectivity index (χ1v) is 6.53. The molecular weight excluding hydrogens is 242 g/mol. The lowest BCUT2D eigenvalue weighted by molar-refractivity contribution is 0.0718. The fourth-order valence-corrected chi connectivity index (χ4v) is 1.97. The fourth-order valence-electron chi connectivity index (χ4n) is 1.97. The second kappa shape index (κ2) is 7.23. The minimum Gasteiger partial charge on any atom is -0.382 e. The average Bonchev–Trinajstić information content (AvgIpc) is 2.74. The van der Waals surface area contributed by atoms with Gasteiger partial charge in [0, 0.05) is 26.4 Å². The lowest BCUT2D eigenvalue weighted by Crippen LogP contribution is -2.21. The van der Waals surface area contributed by atoms with Gasteiger partial charge in [-0.15, -0.1) is 0 Å².